The maximum Gasteiger partial charge on any atom is 0.573 e. The lowest BCUT2D eigenvalue weighted by Gasteiger charge is -2.23. The molecule has 0 saturated carbocycles. The third-order valence-corrected chi connectivity index (χ3v) is 3.27. The zero-order chi connectivity index (χ0) is 15.4. The molecule has 20 heavy (non-hydrogen) atoms. The van der Waals surface area contributed by atoms with Crippen molar-refractivity contribution < 1.29 is 22.6 Å². The van der Waals surface area contributed by atoms with Crippen molar-refractivity contribution in [3.05, 3.63) is 28.2 Å². The maximum absolute atomic E-state index is 12.1. The van der Waals surface area contributed by atoms with Crippen molar-refractivity contribution >= 4 is 15.9 Å². The summed E-state index contributed by atoms with van der Waals surface area (Å²) in [5.41, 5.74) is 0.551. The number of methoxy groups -OCH3 is 1. The molecule has 0 saturated heterocycles. The molecule has 0 atom stereocenters. The second-order valence-corrected chi connectivity index (χ2v) is 5.73. The number of rotatable bonds is 6. The van der Waals surface area contributed by atoms with Gasteiger partial charge in [0.15, 0.2) is 0 Å². The van der Waals surface area contributed by atoms with Crippen LogP contribution in [0.3, 0.4) is 0 Å². The van der Waals surface area contributed by atoms with Crippen LogP contribution in [0.5, 0.6) is 5.75 Å². The molecule has 0 amide bonds. The van der Waals surface area contributed by atoms with Crippen LogP contribution in [-0.4, -0.2) is 25.6 Å². The normalized spacial score (nSPS) is 12.6. The minimum atomic E-state index is -4.69. The van der Waals surface area contributed by atoms with Crippen molar-refractivity contribution in [2.75, 3.05) is 13.7 Å². The molecule has 7 heteroatoms. The van der Waals surface area contributed by atoms with Crippen molar-refractivity contribution in [2.24, 2.45) is 0 Å². The van der Waals surface area contributed by atoms with Gasteiger partial charge >= 0.3 is 6.36 Å². The summed E-state index contributed by atoms with van der Waals surface area (Å²) in [4.78, 5) is 0. The van der Waals surface area contributed by atoms with Crippen LogP contribution in [0, 0.1) is 0 Å². The Kier molecular flexibility index (Phi) is 5.85. The van der Waals surface area contributed by atoms with E-state index in [4.69, 9.17) is 4.74 Å². The van der Waals surface area contributed by atoms with Crippen LogP contribution < -0.4 is 10.1 Å². The fraction of sp³-hybridized carbons (Fsp3) is 0.538. The van der Waals surface area contributed by atoms with Gasteiger partial charge in [0.2, 0.25) is 0 Å². The highest BCUT2D eigenvalue weighted by molar-refractivity contribution is 9.10. The molecule has 1 aromatic carbocycles. The van der Waals surface area contributed by atoms with Crippen molar-refractivity contribution in [2.45, 2.75) is 32.4 Å². The molecule has 0 aliphatic carbocycles. The van der Waals surface area contributed by atoms with Gasteiger partial charge in [0.1, 0.15) is 5.75 Å². The van der Waals surface area contributed by atoms with Crippen LogP contribution in [0.2, 0.25) is 0 Å². The Morgan fingerprint density at radius 1 is 1.25 bits per heavy atom. The molecular formula is C13H17BrF3NO2. The topological polar surface area (TPSA) is 30.5 Å². The molecule has 0 fully saturated rings. The van der Waals surface area contributed by atoms with E-state index in [2.05, 4.69) is 26.0 Å². The summed E-state index contributed by atoms with van der Waals surface area (Å²) in [6.45, 7) is 5.03. The predicted molar refractivity (Wildman–Crippen MR) is 73.6 cm³/mol. The maximum atomic E-state index is 12.1. The Morgan fingerprint density at radius 3 is 2.40 bits per heavy atom. The average Bonchev–Trinajstić information content (AvgIpc) is 2.31. The summed E-state index contributed by atoms with van der Waals surface area (Å²) in [5, 5.41) is 3.18. The van der Waals surface area contributed by atoms with Gasteiger partial charge in [0, 0.05) is 20.2 Å². The molecule has 1 aromatic rings. The van der Waals surface area contributed by atoms with Gasteiger partial charge in [-0.05, 0) is 47.5 Å². The van der Waals surface area contributed by atoms with Gasteiger partial charge in [-0.3, -0.25) is 0 Å². The lowest BCUT2D eigenvalue weighted by Crippen LogP contribution is -2.36. The SMILES string of the molecule is COC(C)(C)CNCc1ccc(OC(F)(F)F)c(Br)c1. The number of ether oxygens (including phenoxy) is 2. The first-order valence-corrected chi connectivity index (χ1v) is 6.72. The fourth-order valence-electron chi connectivity index (χ4n) is 1.44. The Hall–Kier alpha value is -0.790. The molecule has 0 bridgehead atoms. The molecule has 3 nitrogen and oxygen atoms in total. The summed E-state index contributed by atoms with van der Waals surface area (Å²) in [7, 11) is 1.63. The van der Waals surface area contributed by atoms with Gasteiger partial charge in [0.25, 0.3) is 0 Å². The van der Waals surface area contributed by atoms with Crippen LogP contribution in [0.4, 0.5) is 13.2 Å². The van der Waals surface area contributed by atoms with Crippen LogP contribution in [-0.2, 0) is 11.3 Å². The second kappa shape index (κ2) is 6.78. The van der Waals surface area contributed by atoms with Gasteiger partial charge in [-0.1, -0.05) is 6.07 Å². The van der Waals surface area contributed by atoms with E-state index in [0.29, 0.717) is 13.1 Å². The van der Waals surface area contributed by atoms with Gasteiger partial charge < -0.3 is 14.8 Å². The smallest absolute Gasteiger partial charge is 0.405 e. The average molecular weight is 356 g/mol. The molecule has 114 valence electrons. The number of alkyl halides is 3. The highest BCUT2D eigenvalue weighted by Gasteiger charge is 2.31. The van der Waals surface area contributed by atoms with Gasteiger partial charge in [-0.15, -0.1) is 13.2 Å². The van der Waals surface area contributed by atoms with Crippen molar-refractivity contribution in [1.82, 2.24) is 5.32 Å². The van der Waals surface area contributed by atoms with E-state index < -0.39 is 6.36 Å². The van der Waals surface area contributed by atoms with E-state index in [-0.39, 0.29) is 15.8 Å². The van der Waals surface area contributed by atoms with Crippen LogP contribution in [0.15, 0.2) is 22.7 Å². The van der Waals surface area contributed by atoms with Crippen LogP contribution in [0.25, 0.3) is 0 Å². The molecule has 0 heterocycles. The van der Waals surface area contributed by atoms with Gasteiger partial charge in [-0.2, -0.15) is 0 Å². The number of benzene rings is 1. The first-order chi connectivity index (χ1) is 9.13. The largest absolute Gasteiger partial charge is 0.573 e. The van der Waals surface area contributed by atoms with Gasteiger partial charge in [0.05, 0.1) is 10.1 Å². The summed E-state index contributed by atoms with van der Waals surface area (Å²) in [6.07, 6.45) is -4.69. The lowest BCUT2D eigenvalue weighted by molar-refractivity contribution is -0.274. The Bertz CT molecular complexity index is 450. The third kappa shape index (κ3) is 6.11. The Balaban J connectivity index is 2.60. The van der Waals surface area contributed by atoms with Crippen molar-refractivity contribution in [3.63, 3.8) is 0 Å². The van der Waals surface area contributed by atoms with Gasteiger partial charge in [-0.25, -0.2) is 0 Å². The van der Waals surface area contributed by atoms with E-state index >= 15 is 0 Å². The number of hydrogen-bond acceptors (Lipinski definition) is 3. The van der Waals surface area contributed by atoms with Crippen molar-refractivity contribution in [3.8, 4) is 5.75 Å². The van der Waals surface area contributed by atoms with E-state index in [9.17, 15) is 13.2 Å². The molecule has 1 N–H and O–H groups in total. The van der Waals surface area contributed by atoms with E-state index in [1.165, 1.54) is 6.07 Å². The number of halogens is 4. The van der Waals surface area contributed by atoms with E-state index in [1.54, 1.807) is 19.2 Å². The minimum Gasteiger partial charge on any atom is -0.405 e. The summed E-state index contributed by atoms with van der Waals surface area (Å²) in [5.74, 6) is -0.251. The fourth-order valence-corrected chi connectivity index (χ4v) is 1.95. The second-order valence-electron chi connectivity index (χ2n) is 4.88. The molecule has 0 aliphatic heterocycles. The first kappa shape index (κ1) is 17.3. The molecule has 0 spiro atoms. The standard InChI is InChI=1S/C13H17BrF3NO2/c1-12(2,19-3)8-18-7-9-4-5-11(10(14)6-9)20-13(15,16)17/h4-6,18H,7-8H2,1-3H3. The zero-order valence-corrected chi connectivity index (χ0v) is 13.1. The molecule has 0 aliphatic rings. The van der Waals surface area contributed by atoms with Crippen molar-refractivity contribution in [1.29, 1.82) is 0 Å². The summed E-state index contributed by atoms with van der Waals surface area (Å²) < 4.78 is 45.8. The first-order valence-electron chi connectivity index (χ1n) is 5.93. The summed E-state index contributed by atoms with van der Waals surface area (Å²) in [6, 6.07) is 4.46. The van der Waals surface area contributed by atoms with Crippen LogP contribution >= 0.6 is 15.9 Å². The van der Waals surface area contributed by atoms with E-state index in [1.807, 2.05) is 13.8 Å². The highest BCUT2D eigenvalue weighted by atomic mass is 79.9. The molecule has 0 aromatic heterocycles. The van der Waals surface area contributed by atoms with E-state index in [0.717, 1.165) is 5.56 Å². The van der Waals surface area contributed by atoms with Crippen LogP contribution in [0.1, 0.15) is 19.4 Å². The zero-order valence-electron chi connectivity index (χ0n) is 11.5. The Morgan fingerprint density at radius 2 is 1.90 bits per heavy atom. The highest BCUT2D eigenvalue weighted by Crippen LogP contribution is 2.31. The third-order valence-electron chi connectivity index (χ3n) is 2.65. The monoisotopic (exact) mass is 355 g/mol. The lowest BCUT2D eigenvalue weighted by atomic mass is 10.1. The predicted octanol–water partition coefficient (Wildman–Crippen LogP) is 3.86. The molecule has 0 radical (unpaired) electrons. The Labute approximate surface area is 124 Å². The molecule has 0 unspecified atom stereocenters. The number of nitrogens with one attached hydrogen (secondary N) is 1. The molecular weight excluding hydrogens is 339 g/mol. The number of hydrogen-bond donors (Lipinski definition) is 1. The minimum absolute atomic E-state index is 0.251. The summed E-state index contributed by atoms with van der Waals surface area (Å²) >= 11 is 3.07. The molecule has 1 rings (SSSR count). The quantitative estimate of drug-likeness (QED) is 0.840.